The molecule has 0 aliphatic carbocycles. The Morgan fingerprint density at radius 3 is 2.64 bits per heavy atom. The topological polar surface area (TPSA) is 49.4 Å². The SMILES string of the molecule is Cc1ccc(S(=O)(=O)C[C@@H](C)NC[C@H]2CCCN(C)C2)cc1. The smallest absolute Gasteiger partial charge is 0.179 e. The molecule has 4 nitrogen and oxygen atoms in total. The summed E-state index contributed by atoms with van der Waals surface area (Å²) in [4.78, 5) is 2.77. The van der Waals surface area contributed by atoms with Gasteiger partial charge in [0.25, 0.3) is 0 Å². The summed E-state index contributed by atoms with van der Waals surface area (Å²) in [6.07, 6.45) is 2.47. The highest BCUT2D eigenvalue weighted by Gasteiger charge is 2.21. The normalized spacial score (nSPS) is 21.7. The molecule has 0 amide bonds. The highest BCUT2D eigenvalue weighted by atomic mass is 32.2. The third-order valence-corrected chi connectivity index (χ3v) is 6.26. The zero-order valence-electron chi connectivity index (χ0n) is 13.9. The van der Waals surface area contributed by atoms with E-state index in [1.165, 1.54) is 19.4 Å². The lowest BCUT2D eigenvalue weighted by atomic mass is 9.98. The van der Waals surface area contributed by atoms with Gasteiger partial charge in [-0.3, -0.25) is 0 Å². The lowest BCUT2D eigenvalue weighted by Gasteiger charge is -2.30. The van der Waals surface area contributed by atoms with Crippen molar-refractivity contribution < 1.29 is 8.42 Å². The number of benzene rings is 1. The Kier molecular flexibility index (Phi) is 6.01. The van der Waals surface area contributed by atoms with Gasteiger partial charge in [-0.15, -0.1) is 0 Å². The second kappa shape index (κ2) is 7.57. The molecule has 22 heavy (non-hydrogen) atoms. The van der Waals surface area contributed by atoms with Gasteiger partial charge in [0.1, 0.15) is 0 Å². The fraction of sp³-hybridized carbons (Fsp3) is 0.647. The summed E-state index contributed by atoms with van der Waals surface area (Å²) in [5.74, 6) is 0.779. The van der Waals surface area contributed by atoms with E-state index in [1.807, 2.05) is 26.0 Å². The molecule has 0 bridgehead atoms. The van der Waals surface area contributed by atoms with E-state index >= 15 is 0 Å². The maximum Gasteiger partial charge on any atom is 0.179 e. The molecule has 0 saturated carbocycles. The molecule has 124 valence electrons. The van der Waals surface area contributed by atoms with Gasteiger partial charge in [-0.1, -0.05) is 17.7 Å². The molecule has 0 spiro atoms. The van der Waals surface area contributed by atoms with Gasteiger partial charge in [0.2, 0.25) is 0 Å². The van der Waals surface area contributed by atoms with E-state index in [0.717, 1.165) is 18.7 Å². The van der Waals surface area contributed by atoms with Gasteiger partial charge in [0, 0.05) is 12.6 Å². The van der Waals surface area contributed by atoms with Crippen LogP contribution >= 0.6 is 0 Å². The predicted octanol–water partition coefficient (Wildman–Crippen LogP) is 2.09. The first kappa shape index (κ1) is 17.4. The number of rotatable bonds is 6. The van der Waals surface area contributed by atoms with Crippen LogP contribution in [0.1, 0.15) is 25.3 Å². The van der Waals surface area contributed by atoms with Crippen molar-refractivity contribution in [3.8, 4) is 0 Å². The molecule has 0 aromatic heterocycles. The number of likely N-dealkylation sites (tertiary alicyclic amines) is 1. The molecule has 1 fully saturated rings. The van der Waals surface area contributed by atoms with Crippen molar-refractivity contribution in [2.75, 3.05) is 32.4 Å². The quantitative estimate of drug-likeness (QED) is 0.870. The molecule has 1 heterocycles. The second-order valence-corrected chi connectivity index (χ2v) is 8.71. The van der Waals surface area contributed by atoms with E-state index < -0.39 is 9.84 Å². The van der Waals surface area contributed by atoms with Crippen molar-refractivity contribution in [1.82, 2.24) is 10.2 Å². The van der Waals surface area contributed by atoms with Crippen LogP contribution in [-0.2, 0) is 9.84 Å². The van der Waals surface area contributed by atoms with Crippen molar-refractivity contribution in [1.29, 1.82) is 0 Å². The van der Waals surface area contributed by atoms with Crippen molar-refractivity contribution in [2.45, 2.75) is 37.6 Å². The van der Waals surface area contributed by atoms with E-state index in [4.69, 9.17) is 0 Å². The van der Waals surface area contributed by atoms with Gasteiger partial charge in [-0.2, -0.15) is 0 Å². The number of nitrogens with one attached hydrogen (secondary N) is 1. The Hall–Kier alpha value is -0.910. The third kappa shape index (κ3) is 5.07. The fourth-order valence-electron chi connectivity index (χ4n) is 3.04. The first-order chi connectivity index (χ1) is 10.4. The molecule has 0 unspecified atom stereocenters. The van der Waals surface area contributed by atoms with Crippen LogP contribution in [0.4, 0.5) is 0 Å². The number of nitrogens with zero attached hydrogens (tertiary/aromatic N) is 1. The standard InChI is InChI=1S/C17H28N2O2S/c1-14-6-8-17(9-7-14)22(20,21)13-15(2)18-11-16-5-4-10-19(3)12-16/h6-9,15-16,18H,4-5,10-13H2,1-3H3/t15-,16-/m1/s1. The second-order valence-electron chi connectivity index (χ2n) is 6.67. The lowest BCUT2D eigenvalue weighted by Crippen LogP contribution is -2.41. The van der Waals surface area contributed by atoms with E-state index in [0.29, 0.717) is 10.8 Å². The first-order valence-electron chi connectivity index (χ1n) is 8.08. The molecule has 1 aliphatic heterocycles. The Bertz CT molecular complexity index is 569. The summed E-state index contributed by atoms with van der Waals surface area (Å²) in [5.41, 5.74) is 1.08. The van der Waals surface area contributed by atoms with E-state index in [1.54, 1.807) is 12.1 Å². The Morgan fingerprint density at radius 1 is 1.32 bits per heavy atom. The van der Waals surface area contributed by atoms with E-state index in [-0.39, 0.29) is 11.8 Å². The average molecular weight is 324 g/mol. The molecule has 2 atom stereocenters. The van der Waals surface area contributed by atoms with Crippen molar-refractivity contribution in [3.05, 3.63) is 29.8 Å². The minimum Gasteiger partial charge on any atom is -0.313 e. The molecule has 5 heteroatoms. The third-order valence-electron chi connectivity index (χ3n) is 4.33. The molecule has 2 rings (SSSR count). The fourth-order valence-corrected chi connectivity index (χ4v) is 4.56. The molecule has 1 aromatic rings. The summed E-state index contributed by atoms with van der Waals surface area (Å²) in [6, 6.07) is 7.07. The van der Waals surface area contributed by atoms with E-state index in [9.17, 15) is 8.42 Å². The van der Waals surface area contributed by atoms with Crippen molar-refractivity contribution in [3.63, 3.8) is 0 Å². The molecule has 1 aromatic carbocycles. The number of hydrogen-bond donors (Lipinski definition) is 1. The Labute approximate surface area is 134 Å². The van der Waals surface area contributed by atoms with Crippen LogP contribution in [0.25, 0.3) is 0 Å². The highest BCUT2D eigenvalue weighted by molar-refractivity contribution is 7.91. The summed E-state index contributed by atoms with van der Waals surface area (Å²) < 4.78 is 24.8. The van der Waals surface area contributed by atoms with Gasteiger partial charge in [0.15, 0.2) is 9.84 Å². The number of sulfone groups is 1. The van der Waals surface area contributed by atoms with Gasteiger partial charge in [0.05, 0.1) is 10.6 Å². The summed E-state index contributed by atoms with van der Waals surface area (Å²) >= 11 is 0. The number of hydrogen-bond acceptors (Lipinski definition) is 4. The Morgan fingerprint density at radius 2 is 2.00 bits per heavy atom. The first-order valence-corrected chi connectivity index (χ1v) is 9.73. The van der Waals surface area contributed by atoms with Crippen LogP contribution in [-0.4, -0.2) is 51.8 Å². The minimum atomic E-state index is -3.21. The molecule has 0 radical (unpaired) electrons. The van der Waals surface area contributed by atoms with Gasteiger partial charge >= 0.3 is 0 Å². The van der Waals surface area contributed by atoms with Crippen molar-refractivity contribution in [2.24, 2.45) is 5.92 Å². The molecular weight excluding hydrogens is 296 g/mol. The maximum atomic E-state index is 12.4. The van der Waals surface area contributed by atoms with Crippen LogP contribution in [0.5, 0.6) is 0 Å². The zero-order valence-corrected chi connectivity index (χ0v) is 14.7. The average Bonchev–Trinajstić information content (AvgIpc) is 2.45. The van der Waals surface area contributed by atoms with Crippen LogP contribution in [0.15, 0.2) is 29.2 Å². The minimum absolute atomic E-state index is 0.0291. The molecule has 1 N–H and O–H groups in total. The monoisotopic (exact) mass is 324 g/mol. The zero-order chi connectivity index (χ0) is 16.2. The van der Waals surface area contributed by atoms with E-state index in [2.05, 4.69) is 17.3 Å². The molecular formula is C17H28N2O2S. The summed E-state index contributed by atoms with van der Waals surface area (Å²) in [6.45, 7) is 7.09. The van der Waals surface area contributed by atoms with Crippen molar-refractivity contribution >= 4 is 9.84 Å². The largest absolute Gasteiger partial charge is 0.313 e. The highest BCUT2D eigenvalue weighted by Crippen LogP contribution is 2.15. The van der Waals surface area contributed by atoms with Crippen LogP contribution in [0.2, 0.25) is 0 Å². The van der Waals surface area contributed by atoms with Gasteiger partial charge < -0.3 is 10.2 Å². The molecule has 1 aliphatic rings. The summed E-state index contributed by atoms with van der Waals surface area (Å²) in [7, 11) is -1.06. The predicted molar refractivity (Wildman–Crippen MR) is 90.9 cm³/mol. The number of piperidine rings is 1. The van der Waals surface area contributed by atoms with Crippen LogP contribution in [0.3, 0.4) is 0 Å². The van der Waals surface area contributed by atoms with Crippen LogP contribution in [0, 0.1) is 12.8 Å². The summed E-state index contributed by atoms with van der Waals surface area (Å²) in [5, 5.41) is 3.40. The van der Waals surface area contributed by atoms with Gasteiger partial charge in [-0.05, 0) is 64.9 Å². The van der Waals surface area contributed by atoms with Crippen LogP contribution < -0.4 is 5.32 Å². The van der Waals surface area contributed by atoms with Gasteiger partial charge in [-0.25, -0.2) is 8.42 Å². The molecule has 1 saturated heterocycles. The maximum absolute atomic E-state index is 12.4. The number of aryl methyl sites for hydroxylation is 1. The lowest BCUT2D eigenvalue weighted by molar-refractivity contribution is 0.204. The Balaban J connectivity index is 1.85.